The number of hydrogen-bond acceptors (Lipinski definition) is 4. The summed E-state index contributed by atoms with van der Waals surface area (Å²) in [5, 5.41) is 28.6. The molecule has 1 unspecified atom stereocenters. The Labute approximate surface area is 198 Å². The van der Waals surface area contributed by atoms with Gasteiger partial charge in [-0.15, -0.1) is 0 Å². The summed E-state index contributed by atoms with van der Waals surface area (Å²) < 4.78 is 79.0. The fourth-order valence-corrected chi connectivity index (χ4v) is 3.47. The topological polar surface area (TPSA) is 101 Å². The second-order valence-corrected chi connectivity index (χ2v) is 7.95. The summed E-state index contributed by atoms with van der Waals surface area (Å²) in [7, 11) is 0. The molecule has 0 radical (unpaired) electrons. The fourth-order valence-electron chi connectivity index (χ4n) is 3.47. The van der Waals surface area contributed by atoms with E-state index in [1.807, 2.05) is 0 Å². The van der Waals surface area contributed by atoms with E-state index in [0.29, 0.717) is 31.4 Å². The van der Waals surface area contributed by atoms with Gasteiger partial charge in [0.1, 0.15) is 6.23 Å². The Kier molecular flexibility index (Phi) is 10.8. The predicted molar refractivity (Wildman–Crippen MR) is 115 cm³/mol. The number of halogens is 6. The van der Waals surface area contributed by atoms with Crippen LogP contribution in [0.25, 0.3) is 0 Å². The van der Waals surface area contributed by atoms with Crippen molar-refractivity contribution in [3.05, 3.63) is 29.8 Å². The summed E-state index contributed by atoms with van der Waals surface area (Å²) in [5.41, 5.74) is -6.61. The first kappa shape index (κ1) is 30.5. The minimum atomic E-state index is -6.05. The van der Waals surface area contributed by atoms with E-state index in [1.54, 1.807) is 13.8 Å². The van der Waals surface area contributed by atoms with Gasteiger partial charge in [0, 0.05) is 30.8 Å². The third-order valence-corrected chi connectivity index (χ3v) is 5.41. The van der Waals surface area contributed by atoms with Crippen LogP contribution in [0.1, 0.15) is 57.9 Å². The minimum absolute atomic E-state index is 0.0318. The normalized spacial score (nSPS) is 13.4. The molecular formula is C22H30F6N2O5. The summed E-state index contributed by atoms with van der Waals surface area (Å²) in [4.78, 5) is 26.0. The highest BCUT2D eigenvalue weighted by Gasteiger charge is 2.71. The number of unbranched alkanes of at least 4 members (excludes halogenated alkanes) is 2. The molecule has 1 atom stereocenters. The molecule has 0 saturated heterocycles. The lowest BCUT2D eigenvalue weighted by Crippen LogP contribution is -2.54. The summed E-state index contributed by atoms with van der Waals surface area (Å²) in [6.45, 7) is 3.42. The van der Waals surface area contributed by atoms with E-state index in [-0.39, 0.29) is 38.0 Å². The van der Waals surface area contributed by atoms with Gasteiger partial charge >= 0.3 is 24.4 Å². The predicted octanol–water partition coefficient (Wildman–Crippen LogP) is 5.01. The lowest BCUT2D eigenvalue weighted by molar-refractivity contribution is -0.376. The smallest absolute Gasteiger partial charge is 0.430 e. The number of carboxylic acids is 1. The molecule has 1 rings (SSSR count). The van der Waals surface area contributed by atoms with Crippen molar-refractivity contribution in [3.8, 4) is 0 Å². The quantitative estimate of drug-likeness (QED) is 0.206. The van der Waals surface area contributed by atoms with Crippen LogP contribution in [0.4, 0.5) is 36.8 Å². The maximum atomic E-state index is 13.2. The zero-order valence-electron chi connectivity index (χ0n) is 19.4. The first-order valence-corrected chi connectivity index (χ1v) is 11.1. The largest absolute Gasteiger partial charge is 0.481 e. The van der Waals surface area contributed by atoms with Crippen molar-refractivity contribution >= 4 is 17.7 Å². The number of carboxylic acid groups (broad SMARTS) is 1. The Morgan fingerprint density at radius 1 is 0.943 bits per heavy atom. The van der Waals surface area contributed by atoms with Crippen LogP contribution in [-0.2, 0) is 10.4 Å². The molecule has 3 N–H and O–H groups in total. The molecule has 35 heavy (non-hydrogen) atoms. The Morgan fingerprint density at radius 3 is 1.91 bits per heavy atom. The monoisotopic (exact) mass is 516 g/mol. The highest BCUT2D eigenvalue weighted by molar-refractivity contribution is 5.92. The van der Waals surface area contributed by atoms with E-state index < -0.39 is 41.7 Å². The molecular weight excluding hydrogens is 486 g/mol. The Balaban J connectivity index is 3.31. The zero-order valence-corrected chi connectivity index (χ0v) is 19.4. The van der Waals surface area contributed by atoms with Gasteiger partial charge in [0.2, 0.25) is 0 Å². The Hall–Kier alpha value is -2.54. The lowest BCUT2D eigenvalue weighted by atomic mass is 9.92. The van der Waals surface area contributed by atoms with Crippen molar-refractivity contribution in [1.82, 2.24) is 4.90 Å². The van der Waals surface area contributed by atoms with Gasteiger partial charge in [0.15, 0.2) is 0 Å². The molecule has 0 aliphatic heterocycles. The van der Waals surface area contributed by atoms with Gasteiger partial charge in [-0.2, -0.15) is 26.3 Å². The van der Waals surface area contributed by atoms with Gasteiger partial charge in [-0.1, -0.05) is 31.9 Å². The molecule has 13 heteroatoms. The lowest BCUT2D eigenvalue weighted by Gasteiger charge is -2.34. The highest BCUT2D eigenvalue weighted by Crippen LogP contribution is 2.50. The van der Waals surface area contributed by atoms with E-state index in [0.717, 1.165) is 21.9 Å². The molecule has 200 valence electrons. The van der Waals surface area contributed by atoms with Gasteiger partial charge in [-0.05, 0) is 38.3 Å². The van der Waals surface area contributed by atoms with Crippen LogP contribution in [0, 0.1) is 0 Å². The Morgan fingerprint density at radius 2 is 1.49 bits per heavy atom. The average Bonchev–Trinajstić information content (AvgIpc) is 2.74. The third-order valence-electron chi connectivity index (χ3n) is 5.41. The number of aliphatic carboxylic acids is 1. The number of alkyl halides is 6. The molecule has 0 saturated carbocycles. The summed E-state index contributed by atoms with van der Waals surface area (Å²) in [5.74, 6) is -1.00. The molecule has 1 aromatic carbocycles. The molecule has 0 aromatic heterocycles. The van der Waals surface area contributed by atoms with Gasteiger partial charge in [-0.3, -0.25) is 14.6 Å². The van der Waals surface area contributed by atoms with Crippen LogP contribution < -0.4 is 4.90 Å². The number of aliphatic hydroxyl groups excluding tert-OH is 1. The van der Waals surface area contributed by atoms with Crippen LogP contribution in [0.2, 0.25) is 0 Å². The second kappa shape index (κ2) is 12.4. The van der Waals surface area contributed by atoms with Crippen LogP contribution in [0.5, 0.6) is 0 Å². The van der Waals surface area contributed by atoms with Crippen LogP contribution >= 0.6 is 0 Å². The van der Waals surface area contributed by atoms with Crippen LogP contribution in [-0.4, -0.2) is 63.9 Å². The van der Waals surface area contributed by atoms with Crippen molar-refractivity contribution in [3.63, 3.8) is 0 Å². The number of anilines is 1. The van der Waals surface area contributed by atoms with E-state index in [9.17, 15) is 46.1 Å². The summed E-state index contributed by atoms with van der Waals surface area (Å²) in [6.07, 6.45) is -11.6. The van der Waals surface area contributed by atoms with E-state index in [2.05, 4.69) is 0 Å². The molecule has 0 spiro atoms. The molecule has 0 aliphatic rings. The van der Waals surface area contributed by atoms with Gasteiger partial charge in [0.25, 0.3) is 5.60 Å². The first-order valence-electron chi connectivity index (χ1n) is 11.1. The number of benzene rings is 1. The van der Waals surface area contributed by atoms with Gasteiger partial charge in [0.05, 0.1) is 0 Å². The molecule has 0 bridgehead atoms. The highest BCUT2D eigenvalue weighted by atomic mass is 19.4. The number of carbonyl (C=O) groups is 2. The number of nitrogens with zero attached hydrogens (tertiary/aromatic N) is 2. The fraction of sp³-hybridized carbons (Fsp3) is 0.636. The molecule has 7 nitrogen and oxygen atoms in total. The standard InChI is InChI=1S/C22H30F6N2O5/c1-3-8-17(31)29(4-2)19(34)30(14-7-5-6-9-18(32)33)16-12-10-15(11-13-16)20(35,21(23,24)25)22(26,27)28/h10-13,17,31,35H,3-9,14H2,1-2H3,(H,32,33). The molecule has 0 fully saturated rings. The SMILES string of the molecule is CCCC(O)N(CC)C(=O)N(CCCCCC(=O)O)c1ccc(C(O)(C(F)(F)F)C(F)(F)F)cc1. The molecule has 0 heterocycles. The van der Waals surface area contributed by atoms with Crippen LogP contribution in [0.15, 0.2) is 24.3 Å². The Bertz CT molecular complexity index is 815. The number of aliphatic hydroxyl groups is 2. The van der Waals surface area contributed by atoms with E-state index in [4.69, 9.17) is 5.11 Å². The van der Waals surface area contributed by atoms with Gasteiger partial charge < -0.3 is 15.3 Å². The number of carbonyl (C=O) groups excluding carboxylic acids is 1. The van der Waals surface area contributed by atoms with Crippen molar-refractivity contribution in [1.29, 1.82) is 0 Å². The zero-order chi connectivity index (χ0) is 27.0. The van der Waals surface area contributed by atoms with E-state index in [1.165, 1.54) is 0 Å². The number of hydrogen-bond donors (Lipinski definition) is 3. The average molecular weight is 516 g/mol. The maximum absolute atomic E-state index is 13.2. The number of urea groups is 1. The van der Waals surface area contributed by atoms with Crippen molar-refractivity contribution in [2.24, 2.45) is 0 Å². The maximum Gasteiger partial charge on any atom is 0.430 e. The van der Waals surface area contributed by atoms with Crippen molar-refractivity contribution < 1.29 is 51.3 Å². The minimum Gasteiger partial charge on any atom is -0.481 e. The van der Waals surface area contributed by atoms with E-state index >= 15 is 0 Å². The van der Waals surface area contributed by atoms with Crippen molar-refractivity contribution in [2.75, 3.05) is 18.0 Å². The first-order chi connectivity index (χ1) is 16.1. The third kappa shape index (κ3) is 7.47. The molecule has 1 aromatic rings. The second-order valence-electron chi connectivity index (χ2n) is 7.95. The number of amides is 2. The number of rotatable bonds is 12. The molecule has 0 aliphatic carbocycles. The summed E-state index contributed by atoms with van der Waals surface area (Å²) in [6, 6.07) is 1.88. The summed E-state index contributed by atoms with van der Waals surface area (Å²) >= 11 is 0. The van der Waals surface area contributed by atoms with Gasteiger partial charge in [-0.25, -0.2) is 4.79 Å². The van der Waals surface area contributed by atoms with Crippen LogP contribution in [0.3, 0.4) is 0 Å². The molecule has 2 amide bonds. The van der Waals surface area contributed by atoms with Crippen molar-refractivity contribution in [2.45, 2.75) is 76.6 Å².